The third-order valence-electron chi connectivity index (χ3n) is 5.70. The van der Waals surface area contributed by atoms with Crippen molar-refractivity contribution in [2.75, 3.05) is 5.75 Å². The quantitative estimate of drug-likeness (QED) is 0.451. The Morgan fingerprint density at radius 1 is 1.07 bits per heavy atom. The number of nitrogens with zero attached hydrogens (tertiary/aromatic N) is 4. The topological polar surface area (TPSA) is 60.7 Å². The highest BCUT2D eigenvalue weighted by molar-refractivity contribution is 7.99. The lowest BCUT2D eigenvalue weighted by molar-refractivity contribution is -0.116. The molecule has 1 aliphatic rings. The van der Waals surface area contributed by atoms with Crippen molar-refractivity contribution < 1.29 is 4.79 Å². The number of carbonyl (C=O) groups excluding carboxylic acids is 1. The zero-order valence-electron chi connectivity index (χ0n) is 17.6. The van der Waals surface area contributed by atoms with Gasteiger partial charge in [0.15, 0.2) is 11.0 Å². The molecule has 0 saturated heterocycles. The highest BCUT2D eigenvalue weighted by atomic mass is 32.2. The van der Waals surface area contributed by atoms with Crippen LogP contribution in [0.2, 0.25) is 0 Å². The van der Waals surface area contributed by atoms with Crippen LogP contribution in [-0.2, 0) is 11.2 Å². The van der Waals surface area contributed by atoms with Gasteiger partial charge in [-0.05, 0) is 42.0 Å². The standard InChI is InChI=1S/C24H28N4OS/c1-17(2)19-9-7-18(8-10-19)15-22(29)16-30-24-27-26-23(20-11-13-25-14-12-20)28(24)21-5-3-4-6-21/h7-14,17,21H,3-6,15-16H2,1-2H3. The van der Waals surface area contributed by atoms with Crippen molar-refractivity contribution in [2.24, 2.45) is 0 Å². The Morgan fingerprint density at radius 2 is 1.77 bits per heavy atom. The first-order chi connectivity index (χ1) is 14.6. The Labute approximate surface area is 182 Å². The number of thioether (sulfide) groups is 1. The maximum absolute atomic E-state index is 12.6. The number of benzene rings is 1. The largest absolute Gasteiger partial charge is 0.299 e. The number of Topliss-reactive ketones (excluding diaryl/α,β-unsaturated/α-hetero) is 1. The Morgan fingerprint density at radius 3 is 2.43 bits per heavy atom. The molecule has 4 rings (SSSR count). The molecule has 0 amide bonds. The fourth-order valence-corrected chi connectivity index (χ4v) is 4.87. The molecular formula is C24H28N4OS. The minimum atomic E-state index is 0.212. The third-order valence-corrected chi connectivity index (χ3v) is 6.71. The first-order valence-electron chi connectivity index (χ1n) is 10.7. The van der Waals surface area contributed by atoms with E-state index < -0.39 is 0 Å². The zero-order valence-corrected chi connectivity index (χ0v) is 18.4. The molecule has 2 aromatic heterocycles. The lowest BCUT2D eigenvalue weighted by Gasteiger charge is -2.16. The minimum Gasteiger partial charge on any atom is -0.299 e. The molecule has 1 aliphatic carbocycles. The second-order valence-electron chi connectivity index (χ2n) is 8.25. The molecule has 0 spiro atoms. The Balaban J connectivity index is 1.46. The summed E-state index contributed by atoms with van der Waals surface area (Å²) >= 11 is 1.51. The molecule has 0 unspecified atom stereocenters. The lowest BCUT2D eigenvalue weighted by atomic mass is 10.0. The van der Waals surface area contributed by atoms with Gasteiger partial charge < -0.3 is 0 Å². The maximum Gasteiger partial charge on any atom is 0.192 e. The summed E-state index contributed by atoms with van der Waals surface area (Å²) in [5.74, 6) is 2.00. The molecular weight excluding hydrogens is 392 g/mol. The molecule has 1 aromatic carbocycles. The van der Waals surface area contributed by atoms with Crippen LogP contribution in [0.1, 0.15) is 62.6 Å². The predicted octanol–water partition coefficient (Wildman–Crippen LogP) is 5.48. The van der Waals surface area contributed by atoms with Gasteiger partial charge in [0.1, 0.15) is 5.78 Å². The third kappa shape index (κ3) is 4.81. The van der Waals surface area contributed by atoms with Gasteiger partial charge in [-0.25, -0.2) is 0 Å². The van der Waals surface area contributed by atoms with E-state index in [2.05, 4.69) is 57.9 Å². The van der Waals surface area contributed by atoms with E-state index in [1.54, 1.807) is 12.4 Å². The smallest absolute Gasteiger partial charge is 0.192 e. The van der Waals surface area contributed by atoms with Gasteiger partial charge in [0.05, 0.1) is 5.75 Å². The van der Waals surface area contributed by atoms with E-state index in [0.29, 0.717) is 24.1 Å². The summed E-state index contributed by atoms with van der Waals surface area (Å²) in [7, 11) is 0. The van der Waals surface area contributed by atoms with Crippen LogP contribution in [0.25, 0.3) is 11.4 Å². The monoisotopic (exact) mass is 420 g/mol. The van der Waals surface area contributed by atoms with Crippen LogP contribution >= 0.6 is 11.8 Å². The average molecular weight is 421 g/mol. The summed E-state index contributed by atoms with van der Waals surface area (Å²) in [6, 6.07) is 12.7. The van der Waals surface area contributed by atoms with Crippen LogP contribution in [0.15, 0.2) is 53.9 Å². The highest BCUT2D eigenvalue weighted by Crippen LogP contribution is 2.36. The van der Waals surface area contributed by atoms with Gasteiger partial charge >= 0.3 is 0 Å². The van der Waals surface area contributed by atoms with E-state index in [1.165, 1.54) is 30.2 Å². The molecule has 5 nitrogen and oxygen atoms in total. The molecule has 0 N–H and O–H groups in total. The maximum atomic E-state index is 12.6. The van der Waals surface area contributed by atoms with Gasteiger partial charge in [-0.2, -0.15) is 0 Å². The number of rotatable bonds is 8. The zero-order chi connectivity index (χ0) is 20.9. The van der Waals surface area contributed by atoms with Gasteiger partial charge in [-0.15, -0.1) is 10.2 Å². The van der Waals surface area contributed by atoms with Gasteiger partial charge in [0.2, 0.25) is 0 Å². The van der Waals surface area contributed by atoms with Gasteiger partial charge in [-0.3, -0.25) is 14.3 Å². The summed E-state index contributed by atoms with van der Waals surface area (Å²) in [6.07, 6.45) is 8.76. The summed E-state index contributed by atoms with van der Waals surface area (Å²) < 4.78 is 2.25. The van der Waals surface area contributed by atoms with Crippen LogP contribution in [0.5, 0.6) is 0 Å². The summed E-state index contributed by atoms with van der Waals surface area (Å²) in [5.41, 5.74) is 3.39. The fraction of sp³-hybridized carbons (Fsp3) is 0.417. The lowest BCUT2D eigenvalue weighted by Crippen LogP contribution is -2.11. The second-order valence-corrected chi connectivity index (χ2v) is 9.19. The van der Waals surface area contributed by atoms with E-state index in [-0.39, 0.29) is 5.78 Å². The molecule has 3 aromatic rings. The first-order valence-corrected chi connectivity index (χ1v) is 11.7. The number of pyridine rings is 1. The van der Waals surface area contributed by atoms with Crippen LogP contribution < -0.4 is 0 Å². The van der Waals surface area contributed by atoms with Crippen molar-refractivity contribution >= 4 is 17.5 Å². The fourth-order valence-electron chi connectivity index (χ4n) is 4.01. The molecule has 0 radical (unpaired) electrons. The molecule has 30 heavy (non-hydrogen) atoms. The van der Waals surface area contributed by atoms with Crippen molar-refractivity contribution in [3.63, 3.8) is 0 Å². The van der Waals surface area contributed by atoms with E-state index in [1.807, 2.05) is 12.1 Å². The highest BCUT2D eigenvalue weighted by Gasteiger charge is 2.25. The van der Waals surface area contributed by atoms with E-state index >= 15 is 0 Å². The average Bonchev–Trinajstić information content (AvgIpc) is 3.43. The van der Waals surface area contributed by atoms with Crippen LogP contribution in [-0.4, -0.2) is 31.3 Å². The molecule has 2 heterocycles. The number of ketones is 1. The molecule has 156 valence electrons. The van der Waals surface area contributed by atoms with Crippen molar-refractivity contribution in [1.29, 1.82) is 0 Å². The summed E-state index contributed by atoms with van der Waals surface area (Å²) in [6.45, 7) is 4.36. The Bertz CT molecular complexity index is 976. The van der Waals surface area contributed by atoms with Crippen molar-refractivity contribution in [3.05, 3.63) is 59.9 Å². The molecule has 6 heteroatoms. The molecule has 0 aliphatic heterocycles. The molecule has 0 atom stereocenters. The van der Waals surface area contributed by atoms with Crippen LogP contribution in [0.4, 0.5) is 0 Å². The van der Waals surface area contributed by atoms with Crippen LogP contribution in [0, 0.1) is 0 Å². The molecule has 1 saturated carbocycles. The van der Waals surface area contributed by atoms with E-state index in [4.69, 9.17) is 0 Å². The van der Waals surface area contributed by atoms with Crippen molar-refractivity contribution in [1.82, 2.24) is 19.7 Å². The second kappa shape index (κ2) is 9.56. The number of carbonyl (C=O) groups is 1. The van der Waals surface area contributed by atoms with E-state index in [0.717, 1.165) is 34.9 Å². The van der Waals surface area contributed by atoms with Crippen molar-refractivity contribution in [2.45, 2.75) is 63.1 Å². The molecule has 1 fully saturated rings. The minimum absolute atomic E-state index is 0.212. The summed E-state index contributed by atoms with van der Waals surface area (Å²) in [4.78, 5) is 16.7. The number of hydrogen-bond donors (Lipinski definition) is 0. The number of hydrogen-bond acceptors (Lipinski definition) is 5. The SMILES string of the molecule is CC(C)c1ccc(CC(=O)CSc2nnc(-c3ccncc3)n2C2CCCC2)cc1. The predicted molar refractivity (Wildman–Crippen MR) is 121 cm³/mol. The first kappa shape index (κ1) is 20.8. The van der Waals surface area contributed by atoms with Crippen molar-refractivity contribution in [3.8, 4) is 11.4 Å². The van der Waals surface area contributed by atoms with Gasteiger partial charge in [0.25, 0.3) is 0 Å². The summed E-state index contributed by atoms with van der Waals surface area (Å²) in [5, 5.41) is 9.77. The normalized spacial score (nSPS) is 14.5. The number of aromatic nitrogens is 4. The van der Waals surface area contributed by atoms with Gasteiger partial charge in [0, 0.05) is 30.4 Å². The molecule has 0 bridgehead atoms. The van der Waals surface area contributed by atoms with E-state index in [9.17, 15) is 4.79 Å². The van der Waals surface area contributed by atoms with Crippen LogP contribution in [0.3, 0.4) is 0 Å². The Hall–Kier alpha value is -2.47. The van der Waals surface area contributed by atoms with Gasteiger partial charge in [-0.1, -0.05) is 62.7 Å². The Kier molecular flexibility index (Phi) is 6.62.